The van der Waals surface area contributed by atoms with Crippen molar-refractivity contribution in [2.75, 3.05) is 18.6 Å². The number of anilines is 1. The number of ether oxygens (including phenoxy) is 2. The van der Waals surface area contributed by atoms with Gasteiger partial charge in [-0.3, -0.25) is 14.5 Å². The second kappa shape index (κ2) is 10.0. The minimum atomic E-state index is -1.02. The Balaban J connectivity index is 1.92. The van der Waals surface area contributed by atoms with E-state index in [-0.39, 0.29) is 17.0 Å². The van der Waals surface area contributed by atoms with E-state index in [4.69, 9.17) is 9.47 Å². The van der Waals surface area contributed by atoms with Gasteiger partial charge in [0, 0.05) is 16.8 Å². The third kappa shape index (κ3) is 4.49. The Labute approximate surface area is 203 Å². The number of methoxy groups -OCH3 is 1. The first kappa shape index (κ1) is 24.0. The molecule has 0 spiro atoms. The van der Waals surface area contributed by atoms with Crippen molar-refractivity contribution in [3.8, 4) is 11.5 Å². The molecule has 6 nitrogen and oxygen atoms in total. The van der Waals surface area contributed by atoms with E-state index in [9.17, 15) is 19.1 Å². The lowest BCUT2D eigenvalue weighted by Crippen LogP contribution is -2.29. The number of hydrogen-bond donors (Lipinski definition) is 1. The number of carbonyl (C=O) groups is 2. The van der Waals surface area contributed by atoms with Gasteiger partial charge in [0.05, 0.1) is 25.3 Å². The molecule has 7 heteroatoms. The van der Waals surface area contributed by atoms with Gasteiger partial charge >= 0.3 is 0 Å². The van der Waals surface area contributed by atoms with Crippen LogP contribution >= 0.6 is 0 Å². The van der Waals surface area contributed by atoms with Crippen molar-refractivity contribution in [2.24, 2.45) is 0 Å². The molecule has 1 aliphatic rings. The highest BCUT2D eigenvalue weighted by Crippen LogP contribution is 2.45. The van der Waals surface area contributed by atoms with E-state index in [1.807, 2.05) is 13.8 Å². The van der Waals surface area contributed by atoms with E-state index >= 15 is 0 Å². The van der Waals surface area contributed by atoms with Crippen molar-refractivity contribution in [3.05, 3.63) is 94.8 Å². The summed E-state index contributed by atoms with van der Waals surface area (Å²) in [5.41, 5.74) is 1.71. The minimum Gasteiger partial charge on any atom is -0.507 e. The molecule has 1 saturated heterocycles. The first-order valence-electron chi connectivity index (χ1n) is 11.3. The van der Waals surface area contributed by atoms with E-state index in [1.165, 1.54) is 30.2 Å². The van der Waals surface area contributed by atoms with Gasteiger partial charge in [-0.2, -0.15) is 0 Å². The largest absolute Gasteiger partial charge is 0.507 e. The number of halogens is 1. The quantitative estimate of drug-likeness (QED) is 0.275. The molecule has 180 valence electrons. The highest BCUT2D eigenvalue weighted by Gasteiger charge is 2.48. The maximum absolute atomic E-state index is 14.1. The van der Waals surface area contributed by atoms with Crippen LogP contribution in [0.1, 0.15) is 36.1 Å². The Bertz CT molecular complexity index is 1320. The van der Waals surface area contributed by atoms with Gasteiger partial charge in [0.15, 0.2) is 0 Å². The van der Waals surface area contributed by atoms with Crippen molar-refractivity contribution < 1.29 is 28.6 Å². The maximum atomic E-state index is 14.1. The van der Waals surface area contributed by atoms with E-state index in [0.29, 0.717) is 29.2 Å². The average Bonchev–Trinajstić information content (AvgIpc) is 3.12. The zero-order valence-corrected chi connectivity index (χ0v) is 19.7. The summed E-state index contributed by atoms with van der Waals surface area (Å²) in [6.45, 7) is 4.40. The summed E-state index contributed by atoms with van der Waals surface area (Å²) < 4.78 is 25.3. The Morgan fingerprint density at radius 1 is 1.03 bits per heavy atom. The van der Waals surface area contributed by atoms with E-state index in [1.54, 1.807) is 48.5 Å². The number of aliphatic hydroxyl groups excluding tert-OH is 1. The lowest BCUT2D eigenvalue weighted by Gasteiger charge is -2.26. The number of amides is 1. The van der Waals surface area contributed by atoms with Crippen LogP contribution in [0.25, 0.3) is 5.76 Å². The lowest BCUT2D eigenvalue weighted by atomic mass is 9.94. The first-order chi connectivity index (χ1) is 16.9. The van der Waals surface area contributed by atoms with Gasteiger partial charge in [-0.05, 0) is 61.4 Å². The summed E-state index contributed by atoms with van der Waals surface area (Å²) in [6, 6.07) is 16.4. The SMILES string of the molecule is CCCOc1ccc(/C(O)=C2\C(=O)C(=O)N(c3cccc(F)c3)C2c2ccccc2OC)cc1C. The van der Waals surface area contributed by atoms with E-state index in [0.717, 1.165) is 12.0 Å². The van der Waals surface area contributed by atoms with Crippen molar-refractivity contribution in [2.45, 2.75) is 26.3 Å². The fourth-order valence-electron chi connectivity index (χ4n) is 4.24. The standard InChI is InChI=1S/C28H26FNO5/c1-4-14-35-22-13-12-18(15-17(22)2)26(31)24-25(21-10-5-6-11-23(21)34-3)30(28(33)27(24)32)20-9-7-8-19(29)16-20/h5-13,15-16,25,31H,4,14H2,1-3H3/b26-24+. The average molecular weight is 476 g/mol. The molecular formula is C28H26FNO5. The number of nitrogens with zero attached hydrogens (tertiary/aromatic N) is 1. The highest BCUT2D eigenvalue weighted by molar-refractivity contribution is 6.51. The summed E-state index contributed by atoms with van der Waals surface area (Å²) in [4.78, 5) is 27.7. The van der Waals surface area contributed by atoms with Crippen molar-refractivity contribution in [1.82, 2.24) is 0 Å². The molecule has 1 atom stereocenters. The summed E-state index contributed by atoms with van der Waals surface area (Å²) in [7, 11) is 1.48. The van der Waals surface area contributed by atoms with Crippen molar-refractivity contribution >= 4 is 23.1 Å². The molecule has 35 heavy (non-hydrogen) atoms. The second-order valence-electron chi connectivity index (χ2n) is 8.22. The number of ketones is 1. The Morgan fingerprint density at radius 3 is 2.49 bits per heavy atom. The van der Waals surface area contributed by atoms with Crippen LogP contribution in [0.3, 0.4) is 0 Å². The molecule has 0 saturated carbocycles. The zero-order chi connectivity index (χ0) is 25.1. The van der Waals surface area contributed by atoms with Gasteiger partial charge in [0.25, 0.3) is 11.7 Å². The number of hydrogen-bond acceptors (Lipinski definition) is 5. The molecule has 3 aromatic rings. The molecule has 1 fully saturated rings. The molecule has 1 aliphatic heterocycles. The third-order valence-electron chi connectivity index (χ3n) is 5.87. The van der Waals surface area contributed by atoms with Crippen LogP contribution in [-0.2, 0) is 9.59 Å². The number of benzene rings is 3. The number of Topliss-reactive ketones (excluding diaryl/α,β-unsaturated/α-hetero) is 1. The molecule has 0 radical (unpaired) electrons. The van der Waals surface area contributed by atoms with Crippen LogP contribution in [0.2, 0.25) is 0 Å². The third-order valence-corrected chi connectivity index (χ3v) is 5.87. The highest BCUT2D eigenvalue weighted by atomic mass is 19.1. The Hall–Kier alpha value is -4.13. The topological polar surface area (TPSA) is 76.1 Å². The fraction of sp³-hybridized carbons (Fsp3) is 0.214. The predicted molar refractivity (Wildman–Crippen MR) is 131 cm³/mol. The van der Waals surface area contributed by atoms with Gasteiger partial charge in [-0.15, -0.1) is 0 Å². The number of aliphatic hydroxyl groups is 1. The van der Waals surface area contributed by atoms with Crippen LogP contribution in [0.4, 0.5) is 10.1 Å². The molecule has 0 aromatic heterocycles. The van der Waals surface area contributed by atoms with Crippen LogP contribution in [0, 0.1) is 12.7 Å². The van der Waals surface area contributed by atoms with Gasteiger partial charge in [-0.1, -0.05) is 31.2 Å². The van der Waals surface area contributed by atoms with Gasteiger partial charge in [-0.25, -0.2) is 4.39 Å². The summed E-state index contributed by atoms with van der Waals surface area (Å²) in [5, 5.41) is 11.3. The molecule has 1 unspecified atom stereocenters. The number of aryl methyl sites for hydroxylation is 1. The number of rotatable bonds is 7. The molecule has 3 aromatic carbocycles. The normalized spacial score (nSPS) is 17.0. The van der Waals surface area contributed by atoms with Crippen molar-refractivity contribution in [3.63, 3.8) is 0 Å². The zero-order valence-electron chi connectivity index (χ0n) is 19.7. The molecule has 1 amide bonds. The molecule has 1 N–H and O–H groups in total. The molecule has 1 heterocycles. The Kier molecular flexibility index (Phi) is 6.87. The molecule has 0 bridgehead atoms. The van der Waals surface area contributed by atoms with Crippen LogP contribution < -0.4 is 14.4 Å². The van der Waals surface area contributed by atoms with E-state index < -0.39 is 23.5 Å². The fourth-order valence-corrected chi connectivity index (χ4v) is 4.24. The second-order valence-corrected chi connectivity index (χ2v) is 8.22. The van der Waals surface area contributed by atoms with Crippen molar-refractivity contribution in [1.29, 1.82) is 0 Å². The van der Waals surface area contributed by atoms with Crippen LogP contribution in [0.5, 0.6) is 11.5 Å². The summed E-state index contributed by atoms with van der Waals surface area (Å²) >= 11 is 0. The van der Waals surface area contributed by atoms with Gasteiger partial charge in [0.2, 0.25) is 0 Å². The first-order valence-corrected chi connectivity index (χ1v) is 11.3. The number of para-hydroxylation sites is 1. The number of carbonyl (C=O) groups excluding carboxylic acids is 2. The summed E-state index contributed by atoms with van der Waals surface area (Å²) in [6.07, 6.45) is 0.851. The minimum absolute atomic E-state index is 0.106. The Morgan fingerprint density at radius 2 is 1.80 bits per heavy atom. The maximum Gasteiger partial charge on any atom is 0.300 e. The van der Waals surface area contributed by atoms with Gasteiger partial charge < -0.3 is 14.6 Å². The smallest absolute Gasteiger partial charge is 0.300 e. The van der Waals surface area contributed by atoms with Crippen LogP contribution in [0.15, 0.2) is 72.3 Å². The predicted octanol–water partition coefficient (Wildman–Crippen LogP) is 5.56. The molecule has 4 rings (SSSR count). The summed E-state index contributed by atoms with van der Waals surface area (Å²) in [5.74, 6) is -1.53. The molecule has 0 aliphatic carbocycles. The van der Waals surface area contributed by atoms with E-state index in [2.05, 4.69) is 0 Å². The lowest BCUT2D eigenvalue weighted by molar-refractivity contribution is -0.132. The monoisotopic (exact) mass is 475 g/mol. The van der Waals surface area contributed by atoms with Crippen LogP contribution in [-0.4, -0.2) is 30.5 Å². The molecular weight excluding hydrogens is 449 g/mol. The van der Waals surface area contributed by atoms with Gasteiger partial charge in [0.1, 0.15) is 23.1 Å².